The number of hydrogen-bond donors (Lipinski definition) is 2. The first kappa shape index (κ1) is 10.9. The fourth-order valence-electron chi connectivity index (χ4n) is 1.36. The zero-order chi connectivity index (χ0) is 9.12. The minimum atomic E-state index is -0.726. The summed E-state index contributed by atoms with van der Waals surface area (Å²) >= 11 is 0. The molecule has 0 heterocycles. The maximum atomic E-state index is 9.92. The third kappa shape index (κ3) is 1.94. The van der Waals surface area contributed by atoms with Crippen LogP contribution in [0.4, 0.5) is 0 Å². The van der Waals surface area contributed by atoms with Gasteiger partial charge in [-0.2, -0.15) is 0 Å². The van der Waals surface area contributed by atoms with E-state index >= 15 is 0 Å². The van der Waals surface area contributed by atoms with Crippen LogP contribution >= 0.6 is 0 Å². The molecule has 0 rings (SSSR count). The topological polar surface area (TPSA) is 46.2 Å². The number of hydrogen-bond acceptors (Lipinski definition) is 2. The number of aliphatic hydroxyl groups is 1. The summed E-state index contributed by atoms with van der Waals surface area (Å²) < 4.78 is 0. The molecule has 0 aliphatic carbocycles. The van der Waals surface area contributed by atoms with E-state index in [0.717, 1.165) is 12.8 Å². The Morgan fingerprint density at radius 2 is 1.45 bits per heavy atom. The lowest BCUT2D eigenvalue weighted by atomic mass is 9.76. The quantitative estimate of drug-likeness (QED) is 0.655. The van der Waals surface area contributed by atoms with Crippen molar-refractivity contribution in [1.82, 2.24) is 0 Å². The van der Waals surface area contributed by atoms with Gasteiger partial charge in [0.1, 0.15) is 0 Å². The molecule has 1 atom stereocenters. The fraction of sp³-hybridized carbons (Fsp3) is 1.00. The van der Waals surface area contributed by atoms with Gasteiger partial charge in [-0.3, -0.25) is 0 Å². The van der Waals surface area contributed by atoms with Gasteiger partial charge in [-0.15, -0.1) is 0 Å². The second-order valence-electron chi connectivity index (χ2n) is 3.49. The summed E-state index contributed by atoms with van der Waals surface area (Å²) in [5.74, 6) is 0. The molecule has 2 heteroatoms. The Hall–Kier alpha value is -0.0800. The van der Waals surface area contributed by atoms with Gasteiger partial charge in [0.25, 0.3) is 0 Å². The normalized spacial score (nSPS) is 18.0. The minimum absolute atomic E-state index is 0.415. The second kappa shape index (κ2) is 3.55. The standard InChI is InChI=1S/C9H21NO/c1-5-8(4,11)9(10,6-2)7-3/h11H,5-7,10H2,1-4H3. The fourth-order valence-corrected chi connectivity index (χ4v) is 1.36. The van der Waals surface area contributed by atoms with Crippen molar-refractivity contribution in [1.29, 1.82) is 0 Å². The monoisotopic (exact) mass is 159 g/mol. The molecule has 0 aromatic carbocycles. The van der Waals surface area contributed by atoms with Crippen LogP contribution in [-0.4, -0.2) is 16.2 Å². The predicted molar refractivity (Wildman–Crippen MR) is 48.4 cm³/mol. The average molecular weight is 159 g/mol. The Balaban J connectivity index is 4.47. The van der Waals surface area contributed by atoms with Gasteiger partial charge in [0, 0.05) is 5.54 Å². The Morgan fingerprint density at radius 1 is 1.09 bits per heavy atom. The van der Waals surface area contributed by atoms with E-state index < -0.39 is 11.1 Å². The van der Waals surface area contributed by atoms with Gasteiger partial charge in [-0.05, 0) is 26.2 Å². The summed E-state index contributed by atoms with van der Waals surface area (Å²) in [5, 5.41) is 9.92. The van der Waals surface area contributed by atoms with Gasteiger partial charge < -0.3 is 10.8 Å². The lowest BCUT2D eigenvalue weighted by Gasteiger charge is -2.41. The second-order valence-corrected chi connectivity index (χ2v) is 3.49. The van der Waals surface area contributed by atoms with Crippen LogP contribution in [0, 0.1) is 0 Å². The molecule has 0 spiro atoms. The van der Waals surface area contributed by atoms with Crippen LogP contribution < -0.4 is 5.73 Å². The summed E-state index contributed by atoms with van der Waals surface area (Å²) in [5.41, 5.74) is 4.89. The minimum Gasteiger partial charge on any atom is -0.388 e. The van der Waals surface area contributed by atoms with Gasteiger partial charge in [-0.25, -0.2) is 0 Å². The zero-order valence-corrected chi connectivity index (χ0v) is 8.15. The summed E-state index contributed by atoms with van der Waals surface area (Å²) in [7, 11) is 0. The molecular formula is C9H21NO. The van der Waals surface area contributed by atoms with Crippen molar-refractivity contribution >= 4 is 0 Å². The smallest absolute Gasteiger partial charge is 0.0795 e. The SMILES string of the molecule is CCC(C)(O)C(N)(CC)CC. The van der Waals surface area contributed by atoms with E-state index in [-0.39, 0.29) is 0 Å². The maximum absolute atomic E-state index is 9.92. The molecule has 0 amide bonds. The largest absolute Gasteiger partial charge is 0.388 e. The van der Waals surface area contributed by atoms with Crippen LogP contribution in [0.2, 0.25) is 0 Å². The van der Waals surface area contributed by atoms with E-state index in [1.807, 2.05) is 27.7 Å². The Bertz CT molecular complexity index is 117. The molecule has 11 heavy (non-hydrogen) atoms. The van der Waals surface area contributed by atoms with Crippen LogP contribution in [0.1, 0.15) is 47.0 Å². The molecule has 0 aromatic heterocycles. The van der Waals surface area contributed by atoms with Gasteiger partial charge >= 0.3 is 0 Å². The molecule has 2 nitrogen and oxygen atoms in total. The van der Waals surface area contributed by atoms with Crippen molar-refractivity contribution in [2.45, 2.75) is 58.1 Å². The third-order valence-corrected chi connectivity index (χ3v) is 3.02. The molecule has 0 radical (unpaired) electrons. The zero-order valence-electron chi connectivity index (χ0n) is 8.15. The highest BCUT2D eigenvalue weighted by atomic mass is 16.3. The van der Waals surface area contributed by atoms with Crippen LogP contribution in [-0.2, 0) is 0 Å². The lowest BCUT2D eigenvalue weighted by molar-refractivity contribution is -0.0268. The molecule has 0 aliphatic heterocycles. The van der Waals surface area contributed by atoms with Crippen molar-refractivity contribution in [3.8, 4) is 0 Å². The maximum Gasteiger partial charge on any atom is 0.0795 e. The molecule has 0 saturated carbocycles. The molecule has 0 fully saturated rings. The van der Waals surface area contributed by atoms with Crippen LogP contribution in [0.15, 0.2) is 0 Å². The van der Waals surface area contributed by atoms with Gasteiger partial charge in [0.2, 0.25) is 0 Å². The van der Waals surface area contributed by atoms with Crippen LogP contribution in [0.5, 0.6) is 0 Å². The van der Waals surface area contributed by atoms with Crippen molar-refractivity contribution in [2.75, 3.05) is 0 Å². The van der Waals surface area contributed by atoms with Crippen molar-refractivity contribution in [3.05, 3.63) is 0 Å². The van der Waals surface area contributed by atoms with Crippen molar-refractivity contribution < 1.29 is 5.11 Å². The summed E-state index contributed by atoms with van der Waals surface area (Å²) in [6, 6.07) is 0. The first-order valence-electron chi connectivity index (χ1n) is 4.44. The average Bonchev–Trinajstić information content (AvgIpc) is 2.02. The Kier molecular flexibility index (Phi) is 3.52. The third-order valence-electron chi connectivity index (χ3n) is 3.02. The highest BCUT2D eigenvalue weighted by Gasteiger charge is 2.39. The first-order valence-corrected chi connectivity index (χ1v) is 4.44. The van der Waals surface area contributed by atoms with E-state index in [2.05, 4.69) is 0 Å². The molecular weight excluding hydrogens is 138 g/mol. The Morgan fingerprint density at radius 3 is 1.55 bits per heavy atom. The molecule has 0 aromatic rings. The van der Waals surface area contributed by atoms with Gasteiger partial charge in [0.15, 0.2) is 0 Å². The van der Waals surface area contributed by atoms with Crippen molar-refractivity contribution in [2.24, 2.45) is 5.73 Å². The summed E-state index contributed by atoms with van der Waals surface area (Å²) in [4.78, 5) is 0. The van der Waals surface area contributed by atoms with Crippen LogP contribution in [0.3, 0.4) is 0 Å². The van der Waals surface area contributed by atoms with Gasteiger partial charge in [0.05, 0.1) is 5.60 Å². The van der Waals surface area contributed by atoms with Gasteiger partial charge in [-0.1, -0.05) is 20.8 Å². The molecule has 1 unspecified atom stereocenters. The van der Waals surface area contributed by atoms with E-state index in [0.29, 0.717) is 6.42 Å². The molecule has 3 N–H and O–H groups in total. The summed E-state index contributed by atoms with van der Waals surface area (Å²) in [6.07, 6.45) is 2.36. The van der Waals surface area contributed by atoms with E-state index in [1.54, 1.807) is 0 Å². The number of rotatable bonds is 4. The van der Waals surface area contributed by atoms with E-state index in [1.165, 1.54) is 0 Å². The number of nitrogens with two attached hydrogens (primary N) is 1. The summed E-state index contributed by atoms with van der Waals surface area (Å²) in [6.45, 7) is 7.83. The van der Waals surface area contributed by atoms with Crippen molar-refractivity contribution in [3.63, 3.8) is 0 Å². The molecule has 68 valence electrons. The van der Waals surface area contributed by atoms with E-state index in [4.69, 9.17) is 5.73 Å². The molecule has 0 aliphatic rings. The highest BCUT2D eigenvalue weighted by molar-refractivity contribution is 4.98. The van der Waals surface area contributed by atoms with Crippen LogP contribution in [0.25, 0.3) is 0 Å². The lowest BCUT2D eigenvalue weighted by Crippen LogP contribution is -2.57. The predicted octanol–water partition coefficient (Wildman–Crippen LogP) is 1.66. The highest BCUT2D eigenvalue weighted by Crippen LogP contribution is 2.28. The Labute approximate surface area is 69.8 Å². The first-order chi connectivity index (χ1) is 4.93. The molecule has 0 bridgehead atoms. The van der Waals surface area contributed by atoms with E-state index in [9.17, 15) is 5.11 Å². The molecule has 0 saturated heterocycles.